The minimum absolute atomic E-state index is 0.105. The van der Waals surface area contributed by atoms with Gasteiger partial charge in [-0.25, -0.2) is 9.59 Å². The van der Waals surface area contributed by atoms with E-state index in [1.165, 1.54) is 12.1 Å². The maximum atomic E-state index is 11.5. The Labute approximate surface area is 130 Å². The van der Waals surface area contributed by atoms with Crippen LogP contribution >= 0.6 is 0 Å². The van der Waals surface area contributed by atoms with Crippen molar-refractivity contribution < 1.29 is 23.9 Å². The number of nitrogens with one attached hydrogen (secondary N) is 2. The van der Waals surface area contributed by atoms with Crippen LogP contribution in [0.2, 0.25) is 0 Å². The van der Waals surface area contributed by atoms with Gasteiger partial charge in [-0.2, -0.15) is 0 Å². The van der Waals surface area contributed by atoms with Gasteiger partial charge in [-0.1, -0.05) is 6.07 Å². The van der Waals surface area contributed by atoms with Crippen LogP contribution in [0, 0.1) is 6.92 Å². The second-order valence-corrected chi connectivity index (χ2v) is 5.00. The molecule has 1 aromatic carbocycles. The maximum absolute atomic E-state index is 11.5. The van der Waals surface area contributed by atoms with Gasteiger partial charge < -0.3 is 14.8 Å². The molecule has 1 aliphatic heterocycles. The molecule has 2 heterocycles. The Hall–Kier alpha value is -3.35. The number of carboxylic acids is 1. The molecule has 0 atom stereocenters. The first-order valence-electron chi connectivity index (χ1n) is 6.72. The van der Waals surface area contributed by atoms with Crippen molar-refractivity contribution in [2.24, 2.45) is 0 Å². The fraction of sp³-hybridized carbons (Fsp3) is 0.0625. The summed E-state index contributed by atoms with van der Waals surface area (Å²) >= 11 is 0. The van der Waals surface area contributed by atoms with Gasteiger partial charge in [-0.05, 0) is 36.8 Å². The lowest BCUT2D eigenvalue weighted by Crippen LogP contribution is -2.22. The Kier molecular flexibility index (Phi) is 3.46. The molecule has 116 valence electrons. The van der Waals surface area contributed by atoms with E-state index < -0.39 is 17.9 Å². The molecule has 1 saturated heterocycles. The molecule has 3 N–H and O–H groups in total. The highest BCUT2D eigenvalue weighted by molar-refractivity contribution is 6.13. The normalized spacial score (nSPS) is 15.6. The number of hydrogen-bond donors (Lipinski definition) is 3. The zero-order chi connectivity index (χ0) is 16.6. The van der Waals surface area contributed by atoms with E-state index in [1.54, 1.807) is 31.2 Å². The zero-order valence-corrected chi connectivity index (χ0v) is 12.0. The quantitative estimate of drug-likeness (QED) is 0.594. The highest BCUT2D eigenvalue weighted by Gasteiger charge is 2.23. The average Bonchev–Trinajstić information content (AvgIpc) is 3.06. The van der Waals surface area contributed by atoms with Crippen molar-refractivity contribution in [1.82, 2.24) is 10.6 Å². The molecule has 0 aliphatic carbocycles. The second kappa shape index (κ2) is 5.45. The third-order valence-corrected chi connectivity index (χ3v) is 3.37. The monoisotopic (exact) mass is 312 g/mol. The largest absolute Gasteiger partial charge is 0.478 e. The maximum Gasteiger partial charge on any atom is 0.335 e. The molecule has 0 spiro atoms. The Morgan fingerprint density at radius 2 is 1.96 bits per heavy atom. The van der Waals surface area contributed by atoms with Crippen molar-refractivity contribution in [3.05, 3.63) is 52.9 Å². The minimum atomic E-state index is -0.993. The number of benzene rings is 1. The van der Waals surface area contributed by atoms with Gasteiger partial charge in [-0.15, -0.1) is 0 Å². The van der Waals surface area contributed by atoms with Crippen LogP contribution in [0.4, 0.5) is 4.79 Å². The fourth-order valence-electron chi connectivity index (χ4n) is 2.27. The number of hydrogen-bond acceptors (Lipinski definition) is 4. The first kappa shape index (κ1) is 14.6. The molecular weight excluding hydrogens is 300 g/mol. The summed E-state index contributed by atoms with van der Waals surface area (Å²) in [4.78, 5) is 33.5. The van der Waals surface area contributed by atoms with Crippen molar-refractivity contribution in [1.29, 1.82) is 0 Å². The molecule has 2 aromatic rings. The number of urea groups is 1. The first-order valence-corrected chi connectivity index (χ1v) is 6.72. The van der Waals surface area contributed by atoms with E-state index >= 15 is 0 Å². The number of furan rings is 1. The summed E-state index contributed by atoms with van der Waals surface area (Å²) in [6.07, 6.45) is 1.42. The lowest BCUT2D eigenvalue weighted by molar-refractivity contribution is -0.115. The first-order chi connectivity index (χ1) is 10.9. The third-order valence-electron chi connectivity index (χ3n) is 3.37. The molecule has 7 heteroatoms. The molecule has 0 saturated carbocycles. The van der Waals surface area contributed by atoms with Crippen LogP contribution < -0.4 is 10.6 Å². The Morgan fingerprint density at radius 3 is 2.57 bits per heavy atom. The fourth-order valence-corrected chi connectivity index (χ4v) is 2.27. The van der Waals surface area contributed by atoms with Crippen molar-refractivity contribution in [2.45, 2.75) is 6.92 Å². The molecule has 7 nitrogen and oxygen atoms in total. The summed E-state index contributed by atoms with van der Waals surface area (Å²) < 4.78 is 5.64. The number of rotatable bonds is 3. The Bertz CT molecular complexity index is 863. The van der Waals surface area contributed by atoms with Gasteiger partial charge >= 0.3 is 12.0 Å². The van der Waals surface area contributed by atoms with Gasteiger partial charge in [0.2, 0.25) is 0 Å². The number of imide groups is 1. The molecule has 0 radical (unpaired) electrons. The number of carbonyl (C=O) groups is 3. The van der Waals surface area contributed by atoms with Gasteiger partial charge in [0, 0.05) is 11.6 Å². The van der Waals surface area contributed by atoms with Crippen LogP contribution in [0.25, 0.3) is 17.4 Å². The van der Waals surface area contributed by atoms with Crippen molar-refractivity contribution >= 4 is 24.0 Å². The van der Waals surface area contributed by atoms with Gasteiger partial charge in [0.1, 0.15) is 17.2 Å². The van der Waals surface area contributed by atoms with E-state index in [9.17, 15) is 14.4 Å². The van der Waals surface area contributed by atoms with Crippen LogP contribution in [-0.4, -0.2) is 23.0 Å². The molecule has 3 rings (SSSR count). The number of aromatic carboxylic acids is 1. The Balaban J connectivity index is 1.91. The van der Waals surface area contributed by atoms with E-state index in [0.717, 1.165) is 11.1 Å². The summed E-state index contributed by atoms with van der Waals surface area (Å²) in [7, 11) is 0. The molecular formula is C16H12N2O5. The predicted octanol–water partition coefficient (Wildman–Crippen LogP) is 2.13. The van der Waals surface area contributed by atoms with Crippen LogP contribution in [0.5, 0.6) is 0 Å². The van der Waals surface area contributed by atoms with Crippen LogP contribution in [0.3, 0.4) is 0 Å². The van der Waals surface area contributed by atoms with Crippen LogP contribution in [-0.2, 0) is 4.79 Å². The van der Waals surface area contributed by atoms with Crippen LogP contribution in [0.15, 0.2) is 40.4 Å². The van der Waals surface area contributed by atoms with Crippen LogP contribution in [0.1, 0.15) is 21.7 Å². The lowest BCUT2D eigenvalue weighted by atomic mass is 10.0. The molecule has 23 heavy (non-hydrogen) atoms. The summed E-state index contributed by atoms with van der Waals surface area (Å²) in [6, 6.07) is 7.51. The van der Waals surface area contributed by atoms with Crippen molar-refractivity contribution in [3.63, 3.8) is 0 Å². The number of amides is 3. The van der Waals surface area contributed by atoms with E-state index in [0.29, 0.717) is 11.5 Å². The molecule has 1 fully saturated rings. The topological polar surface area (TPSA) is 109 Å². The predicted molar refractivity (Wildman–Crippen MR) is 80.5 cm³/mol. The van der Waals surface area contributed by atoms with Crippen molar-refractivity contribution in [3.8, 4) is 11.3 Å². The van der Waals surface area contributed by atoms with E-state index in [-0.39, 0.29) is 11.3 Å². The smallest absolute Gasteiger partial charge is 0.335 e. The number of carboxylic acid groups (broad SMARTS) is 1. The lowest BCUT2D eigenvalue weighted by Gasteiger charge is -2.04. The summed E-state index contributed by atoms with van der Waals surface area (Å²) in [6.45, 7) is 1.78. The van der Waals surface area contributed by atoms with Gasteiger partial charge in [0.25, 0.3) is 5.91 Å². The zero-order valence-electron chi connectivity index (χ0n) is 12.0. The second-order valence-electron chi connectivity index (χ2n) is 5.00. The standard InChI is InChI=1S/C16H12N2O5/c1-8-6-9(15(20)21)2-4-11(8)13-5-3-10(23-13)7-12-14(19)18-16(22)17-12/h2-7H,1H3,(H,20,21)(H2,17,18,19,22)/b12-7+. The summed E-state index contributed by atoms with van der Waals surface area (Å²) in [5.74, 6) is -0.576. The highest BCUT2D eigenvalue weighted by atomic mass is 16.4. The summed E-state index contributed by atoms with van der Waals surface area (Å²) in [5, 5.41) is 13.4. The van der Waals surface area contributed by atoms with E-state index in [1.807, 2.05) is 0 Å². The van der Waals surface area contributed by atoms with Gasteiger partial charge in [0.15, 0.2) is 0 Å². The van der Waals surface area contributed by atoms with E-state index in [4.69, 9.17) is 9.52 Å². The minimum Gasteiger partial charge on any atom is -0.478 e. The molecule has 1 aliphatic rings. The molecule has 0 bridgehead atoms. The summed E-state index contributed by atoms with van der Waals surface area (Å²) in [5.41, 5.74) is 1.81. The number of carbonyl (C=O) groups excluding carboxylic acids is 2. The highest BCUT2D eigenvalue weighted by Crippen LogP contribution is 2.27. The van der Waals surface area contributed by atoms with Gasteiger partial charge in [-0.3, -0.25) is 10.1 Å². The van der Waals surface area contributed by atoms with E-state index in [2.05, 4.69) is 10.6 Å². The number of aryl methyl sites for hydroxylation is 1. The van der Waals surface area contributed by atoms with Crippen molar-refractivity contribution in [2.75, 3.05) is 0 Å². The molecule has 3 amide bonds. The third kappa shape index (κ3) is 2.84. The molecule has 1 aromatic heterocycles. The molecule has 0 unspecified atom stereocenters. The SMILES string of the molecule is Cc1cc(C(=O)O)ccc1-c1ccc(/C=C2/NC(=O)NC2=O)o1. The Morgan fingerprint density at radius 1 is 1.17 bits per heavy atom. The van der Waals surface area contributed by atoms with Gasteiger partial charge in [0.05, 0.1) is 5.56 Å². The average molecular weight is 312 g/mol.